The molecule has 32 heavy (non-hydrogen) atoms. The fourth-order valence-electron chi connectivity index (χ4n) is 2.81. The highest BCUT2D eigenvalue weighted by molar-refractivity contribution is 8.00. The van der Waals surface area contributed by atoms with Gasteiger partial charge in [0.2, 0.25) is 5.91 Å². The fourth-order valence-corrected chi connectivity index (χ4v) is 4.35. The Morgan fingerprint density at radius 3 is 2.78 bits per heavy atom. The van der Waals surface area contributed by atoms with Crippen LogP contribution in [0.15, 0.2) is 82.6 Å². The number of rotatable bonds is 7. The maximum absolute atomic E-state index is 12.3. The van der Waals surface area contributed by atoms with Crippen LogP contribution in [-0.4, -0.2) is 32.8 Å². The molecule has 156 valence electrons. The summed E-state index contributed by atoms with van der Waals surface area (Å²) >= 11 is 2.71. The van der Waals surface area contributed by atoms with Crippen LogP contribution in [0, 0.1) is 11.3 Å². The Hall–Kier alpha value is -3.87. The zero-order chi connectivity index (χ0) is 22.2. The minimum Gasteiger partial charge on any atom is -0.272 e. The van der Waals surface area contributed by atoms with Crippen LogP contribution in [0.25, 0.3) is 21.8 Å². The maximum atomic E-state index is 12.3. The molecule has 0 radical (unpaired) electrons. The van der Waals surface area contributed by atoms with Crippen LogP contribution in [0.2, 0.25) is 0 Å². The number of carbonyl (C=O) groups is 1. The number of hydrogen-bond donors (Lipinski definition) is 1. The summed E-state index contributed by atoms with van der Waals surface area (Å²) in [4.78, 5) is 26.3. The summed E-state index contributed by atoms with van der Waals surface area (Å²) in [7, 11) is 0. The lowest BCUT2D eigenvalue weighted by Crippen LogP contribution is -2.19. The van der Waals surface area contributed by atoms with Crippen molar-refractivity contribution in [1.29, 1.82) is 5.26 Å². The molecule has 0 aliphatic rings. The Kier molecular flexibility index (Phi) is 6.97. The smallest absolute Gasteiger partial charge is 0.250 e. The number of nitriles is 1. The second-order valence-corrected chi connectivity index (χ2v) is 8.32. The molecular formula is C23H16N6OS2. The minimum absolute atomic E-state index is 0.0572. The second kappa shape index (κ2) is 10.4. The summed E-state index contributed by atoms with van der Waals surface area (Å²) < 4.78 is 0. The lowest BCUT2D eigenvalue weighted by molar-refractivity contribution is -0.118. The summed E-state index contributed by atoms with van der Waals surface area (Å²) in [5.41, 5.74) is 5.74. The molecule has 0 fully saturated rings. The van der Waals surface area contributed by atoms with Crippen LogP contribution in [0.5, 0.6) is 0 Å². The van der Waals surface area contributed by atoms with E-state index in [2.05, 4.69) is 31.5 Å². The number of nitrogens with one attached hydrogen (secondary N) is 1. The van der Waals surface area contributed by atoms with E-state index in [9.17, 15) is 10.1 Å². The molecule has 0 spiro atoms. The number of thiophene rings is 1. The van der Waals surface area contributed by atoms with Crippen LogP contribution in [0.4, 0.5) is 0 Å². The molecule has 0 saturated carbocycles. The Morgan fingerprint density at radius 1 is 1.19 bits per heavy atom. The Balaban J connectivity index is 1.57. The topological polar surface area (TPSA) is 104 Å². The standard InChI is InChI=1S/C23H16N6OS2/c24-12-18-17(21-7-4-10-31-21)11-19(20-14-25-8-9-26-20)28-23(18)32-15-22(30)29-27-13-16-5-2-1-3-6-16/h1-11,13-14H,15H2,(H,29,30)/b27-13+. The summed E-state index contributed by atoms with van der Waals surface area (Å²) in [5, 5.41) is 16.2. The van der Waals surface area contributed by atoms with Gasteiger partial charge < -0.3 is 0 Å². The predicted octanol–water partition coefficient (Wildman–Crippen LogP) is 4.38. The van der Waals surface area contributed by atoms with Crippen molar-refractivity contribution in [2.75, 3.05) is 5.75 Å². The van der Waals surface area contributed by atoms with Gasteiger partial charge in [-0.1, -0.05) is 48.2 Å². The molecule has 0 aliphatic heterocycles. The summed E-state index contributed by atoms with van der Waals surface area (Å²) in [6.45, 7) is 0. The third-order valence-electron chi connectivity index (χ3n) is 4.25. The molecule has 0 aliphatic carbocycles. The monoisotopic (exact) mass is 456 g/mol. The van der Waals surface area contributed by atoms with E-state index >= 15 is 0 Å². The van der Waals surface area contributed by atoms with Gasteiger partial charge in [0.1, 0.15) is 16.8 Å². The van der Waals surface area contributed by atoms with Crippen LogP contribution >= 0.6 is 23.1 Å². The van der Waals surface area contributed by atoms with Crippen molar-refractivity contribution >= 4 is 35.2 Å². The van der Waals surface area contributed by atoms with Crippen LogP contribution in [-0.2, 0) is 4.79 Å². The van der Waals surface area contributed by atoms with Gasteiger partial charge in [-0.05, 0) is 23.1 Å². The number of hydrazone groups is 1. The molecule has 0 unspecified atom stereocenters. The lowest BCUT2D eigenvalue weighted by atomic mass is 10.1. The predicted molar refractivity (Wildman–Crippen MR) is 126 cm³/mol. The van der Waals surface area contributed by atoms with Crippen molar-refractivity contribution < 1.29 is 4.79 Å². The number of carbonyl (C=O) groups excluding carboxylic acids is 1. The highest BCUT2D eigenvalue weighted by atomic mass is 32.2. The van der Waals surface area contributed by atoms with Gasteiger partial charge in [-0.15, -0.1) is 11.3 Å². The average molecular weight is 457 g/mol. The average Bonchev–Trinajstić information content (AvgIpc) is 3.38. The van der Waals surface area contributed by atoms with Gasteiger partial charge in [0, 0.05) is 22.8 Å². The molecule has 0 bridgehead atoms. The number of aromatic nitrogens is 3. The Bertz CT molecular complexity index is 1270. The molecule has 1 N–H and O–H groups in total. The third kappa shape index (κ3) is 5.24. The lowest BCUT2D eigenvalue weighted by Gasteiger charge is -2.10. The van der Waals surface area contributed by atoms with Crippen molar-refractivity contribution in [3.63, 3.8) is 0 Å². The number of amides is 1. The third-order valence-corrected chi connectivity index (χ3v) is 6.13. The van der Waals surface area contributed by atoms with E-state index < -0.39 is 0 Å². The van der Waals surface area contributed by atoms with Crippen molar-refractivity contribution in [2.24, 2.45) is 5.10 Å². The maximum Gasteiger partial charge on any atom is 0.250 e. The minimum atomic E-state index is -0.296. The first-order chi connectivity index (χ1) is 15.7. The summed E-state index contributed by atoms with van der Waals surface area (Å²) in [6, 6.07) is 17.4. The molecule has 1 amide bonds. The normalized spacial score (nSPS) is 10.7. The van der Waals surface area contributed by atoms with E-state index in [4.69, 9.17) is 0 Å². The van der Waals surface area contributed by atoms with Gasteiger partial charge in [0.05, 0.1) is 29.4 Å². The first kappa shape index (κ1) is 21.4. The molecule has 4 rings (SSSR count). The van der Waals surface area contributed by atoms with Crippen molar-refractivity contribution in [2.45, 2.75) is 5.03 Å². The van der Waals surface area contributed by atoms with Crippen LogP contribution in [0.3, 0.4) is 0 Å². The number of hydrogen-bond acceptors (Lipinski definition) is 8. The highest BCUT2D eigenvalue weighted by Crippen LogP contribution is 2.35. The summed E-state index contributed by atoms with van der Waals surface area (Å²) in [5.74, 6) is -0.239. The number of benzene rings is 1. The molecule has 4 aromatic rings. The molecular weight excluding hydrogens is 440 g/mol. The molecule has 0 atom stereocenters. The van der Waals surface area contributed by atoms with E-state index in [1.807, 2.05) is 53.9 Å². The van der Waals surface area contributed by atoms with Crippen LogP contribution < -0.4 is 5.43 Å². The van der Waals surface area contributed by atoms with E-state index in [0.29, 0.717) is 22.0 Å². The molecule has 0 saturated heterocycles. The van der Waals surface area contributed by atoms with Crippen molar-refractivity contribution in [3.05, 3.63) is 83.6 Å². The second-order valence-electron chi connectivity index (χ2n) is 6.41. The van der Waals surface area contributed by atoms with Crippen molar-refractivity contribution in [1.82, 2.24) is 20.4 Å². The SMILES string of the molecule is N#Cc1c(-c2cccs2)cc(-c2cnccn2)nc1SCC(=O)N/N=C/c1ccccc1. The highest BCUT2D eigenvalue weighted by Gasteiger charge is 2.18. The number of pyridine rings is 1. The largest absolute Gasteiger partial charge is 0.272 e. The zero-order valence-electron chi connectivity index (χ0n) is 16.7. The fraction of sp³-hybridized carbons (Fsp3) is 0.0435. The Morgan fingerprint density at radius 2 is 2.06 bits per heavy atom. The van der Waals surface area contributed by atoms with E-state index in [0.717, 1.165) is 16.0 Å². The molecule has 7 nitrogen and oxygen atoms in total. The van der Waals surface area contributed by atoms with Gasteiger partial charge in [0.15, 0.2) is 0 Å². The van der Waals surface area contributed by atoms with E-state index in [1.165, 1.54) is 23.1 Å². The van der Waals surface area contributed by atoms with Gasteiger partial charge in [-0.3, -0.25) is 14.8 Å². The molecule has 3 aromatic heterocycles. The first-order valence-electron chi connectivity index (χ1n) is 9.50. The molecule has 1 aromatic carbocycles. The number of nitrogens with zero attached hydrogens (tertiary/aromatic N) is 5. The van der Waals surface area contributed by atoms with Gasteiger partial charge >= 0.3 is 0 Å². The molecule has 9 heteroatoms. The first-order valence-corrected chi connectivity index (χ1v) is 11.4. The van der Waals surface area contributed by atoms with Gasteiger partial charge in [-0.2, -0.15) is 10.4 Å². The van der Waals surface area contributed by atoms with Crippen LogP contribution in [0.1, 0.15) is 11.1 Å². The quantitative estimate of drug-likeness (QED) is 0.251. The van der Waals surface area contributed by atoms with Crippen molar-refractivity contribution in [3.8, 4) is 27.9 Å². The summed E-state index contributed by atoms with van der Waals surface area (Å²) in [6.07, 6.45) is 6.37. The van der Waals surface area contributed by atoms with E-state index in [1.54, 1.807) is 24.8 Å². The Labute approximate surface area is 192 Å². The van der Waals surface area contributed by atoms with Gasteiger partial charge in [0.25, 0.3) is 0 Å². The number of thioether (sulfide) groups is 1. The van der Waals surface area contributed by atoms with Gasteiger partial charge in [-0.25, -0.2) is 10.4 Å². The molecule has 3 heterocycles. The zero-order valence-corrected chi connectivity index (χ0v) is 18.3. The van der Waals surface area contributed by atoms with E-state index in [-0.39, 0.29) is 11.7 Å².